The number of carbonyl (C=O) groups is 3. The fourth-order valence-corrected chi connectivity index (χ4v) is 3.65. The molecule has 0 aliphatic carbocycles. The van der Waals surface area contributed by atoms with Gasteiger partial charge in [0.2, 0.25) is 5.91 Å². The molecular formula is C23H24F3N3O5. The van der Waals surface area contributed by atoms with Gasteiger partial charge in [-0.15, -0.1) is 0 Å². The highest BCUT2D eigenvalue weighted by Gasteiger charge is 2.41. The van der Waals surface area contributed by atoms with Crippen molar-refractivity contribution >= 4 is 29.2 Å². The number of esters is 1. The summed E-state index contributed by atoms with van der Waals surface area (Å²) in [7, 11) is 1.12. The van der Waals surface area contributed by atoms with Crippen LogP contribution in [0.2, 0.25) is 0 Å². The third-order valence-corrected chi connectivity index (χ3v) is 5.28. The van der Waals surface area contributed by atoms with Crippen molar-refractivity contribution in [2.75, 3.05) is 25.5 Å². The number of rotatable bonds is 8. The first-order valence-corrected chi connectivity index (χ1v) is 10.4. The van der Waals surface area contributed by atoms with Crippen molar-refractivity contribution in [2.45, 2.75) is 32.1 Å². The first-order valence-electron chi connectivity index (χ1n) is 10.4. The van der Waals surface area contributed by atoms with Gasteiger partial charge in [0.15, 0.2) is 0 Å². The molecule has 2 aromatic carbocycles. The van der Waals surface area contributed by atoms with E-state index in [9.17, 15) is 27.6 Å². The molecule has 1 heterocycles. The Labute approximate surface area is 194 Å². The maximum absolute atomic E-state index is 14.1. The van der Waals surface area contributed by atoms with Crippen LogP contribution in [0.15, 0.2) is 42.5 Å². The van der Waals surface area contributed by atoms with Gasteiger partial charge in [-0.05, 0) is 42.8 Å². The molecule has 0 bridgehead atoms. The summed E-state index contributed by atoms with van der Waals surface area (Å²) in [6, 6.07) is 9.84. The van der Waals surface area contributed by atoms with Crippen LogP contribution in [0.4, 0.5) is 24.5 Å². The standard InChI is InChI=1S/C23H24F3N3O5/c1-13-6-7-18(17(24)8-13)28-15-5-3-4-14(9-15)21(31)27-11-20(30)29-12-16(34-23(25)26)10-19(29)22(32)33-2/h3-9,16,19,23,28H,10-12H2,1-2H3,(H,27,31)/t16-,19+/m1/s1. The zero-order chi connectivity index (χ0) is 24.8. The molecule has 0 aromatic heterocycles. The quantitative estimate of drug-likeness (QED) is 0.565. The number of alkyl halides is 2. The van der Waals surface area contributed by atoms with Crippen molar-refractivity contribution < 1.29 is 37.0 Å². The summed E-state index contributed by atoms with van der Waals surface area (Å²) < 4.78 is 48.3. The molecule has 1 aliphatic heterocycles. The fourth-order valence-electron chi connectivity index (χ4n) is 3.65. The molecule has 0 radical (unpaired) electrons. The van der Waals surface area contributed by atoms with Gasteiger partial charge in [0, 0.05) is 24.2 Å². The Morgan fingerprint density at radius 3 is 2.62 bits per heavy atom. The zero-order valence-electron chi connectivity index (χ0n) is 18.5. The van der Waals surface area contributed by atoms with Gasteiger partial charge in [0.25, 0.3) is 5.91 Å². The predicted octanol–water partition coefficient (Wildman–Crippen LogP) is 2.99. The molecule has 1 aliphatic rings. The molecule has 0 spiro atoms. The van der Waals surface area contributed by atoms with Crippen LogP contribution >= 0.6 is 0 Å². The average molecular weight is 479 g/mol. The Morgan fingerprint density at radius 1 is 1.18 bits per heavy atom. The number of benzene rings is 2. The molecule has 1 fully saturated rings. The van der Waals surface area contributed by atoms with E-state index < -0.39 is 48.9 Å². The van der Waals surface area contributed by atoms with Crippen LogP contribution in [0.1, 0.15) is 22.3 Å². The van der Waals surface area contributed by atoms with E-state index in [0.717, 1.165) is 17.6 Å². The number of aryl methyl sites for hydroxylation is 1. The molecule has 3 rings (SSSR count). The lowest BCUT2D eigenvalue weighted by Gasteiger charge is -2.22. The molecule has 2 N–H and O–H groups in total. The second-order valence-electron chi connectivity index (χ2n) is 7.71. The summed E-state index contributed by atoms with van der Waals surface area (Å²) in [5.74, 6) is -2.45. The number of methoxy groups -OCH3 is 1. The summed E-state index contributed by atoms with van der Waals surface area (Å²) >= 11 is 0. The van der Waals surface area contributed by atoms with Gasteiger partial charge < -0.3 is 25.0 Å². The first kappa shape index (κ1) is 25.0. The Morgan fingerprint density at radius 2 is 1.94 bits per heavy atom. The van der Waals surface area contributed by atoms with Crippen molar-refractivity contribution in [2.24, 2.45) is 0 Å². The molecule has 8 nitrogen and oxygen atoms in total. The zero-order valence-corrected chi connectivity index (χ0v) is 18.5. The second kappa shape index (κ2) is 11.0. The van der Waals surface area contributed by atoms with Gasteiger partial charge in [-0.3, -0.25) is 9.59 Å². The van der Waals surface area contributed by atoms with E-state index in [0.29, 0.717) is 5.69 Å². The largest absolute Gasteiger partial charge is 0.467 e. The molecule has 182 valence electrons. The maximum atomic E-state index is 14.1. The number of anilines is 2. The first-order chi connectivity index (χ1) is 16.2. The molecule has 2 atom stereocenters. The number of ether oxygens (including phenoxy) is 2. The van der Waals surface area contributed by atoms with Crippen molar-refractivity contribution in [1.29, 1.82) is 0 Å². The van der Waals surface area contributed by atoms with Crippen LogP contribution < -0.4 is 10.6 Å². The maximum Gasteiger partial charge on any atom is 0.345 e. The lowest BCUT2D eigenvalue weighted by atomic mass is 10.1. The highest BCUT2D eigenvalue weighted by Crippen LogP contribution is 2.24. The number of nitrogens with one attached hydrogen (secondary N) is 2. The molecule has 0 saturated carbocycles. The molecule has 0 unspecified atom stereocenters. The molecule has 11 heteroatoms. The van der Waals surface area contributed by atoms with Crippen molar-refractivity contribution in [3.63, 3.8) is 0 Å². The molecular weight excluding hydrogens is 455 g/mol. The van der Waals surface area contributed by atoms with E-state index in [2.05, 4.69) is 20.1 Å². The molecule has 1 saturated heterocycles. The third kappa shape index (κ3) is 6.25. The van der Waals surface area contributed by atoms with Crippen LogP contribution in [0.3, 0.4) is 0 Å². The third-order valence-electron chi connectivity index (χ3n) is 5.28. The van der Waals surface area contributed by atoms with Crippen LogP contribution in [0.25, 0.3) is 0 Å². The topological polar surface area (TPSA) is 97.0 Å². The Kier molecular flexibility index (Phi) is 8.11. The van der Waals surface area contributed by atoms with E-state index in [1.165, 1.54) is 18.2 Å². The second-order valence-corrected chi connectivity index (χ2v) is 7.71. The summed E-state index contributed by atoms with van der Waals surface area (Å²) in [4.78, 5) is 38.2. The monoisotopic (exact) mass is 479 g/mol. The number of amides is 2. The average Bonchev–Trinajstić information content (AvgIpc) is 3.22. The molecule has 2 aromatic rings. The fraction of sp³-hybridized carbons (Fsp3) is 0.348. The SMILES string of the molecule is COC(=O)[C@@H]1C[C@@H](OC(F)F)CN1C(=O)CNC(=O)c1cccc(Nc2ccc(C)cc2F)c1. The highest BCUT2D eigenvalue weighted by atomic mass is 19.3. The summed E-state index contributed by atoms with van der Waals surface area (Å²) in [5, 5.41) is 5.34. The van der Waals surface area contributed by atoms with Crippen LogP contribution in [-0.2, 0) is 19.1 Å². The minimum absolute atomic E-state index is 0.139. The normalized spacial score (nSPS) is 17.5. The number of likely N-dealkylation sites (tertiary alicyclic amines) is 1. The van der Waals surface area contributed by atoms with Gasteiger partial charge in [-0.25, -0.2) is 9.18 Å². The predicted molar refractivity (Wildman–Crippen MR) is 116 cm³/mol. The smallest absolute Gasteiger partial charge is 0.345 e. The summed E-state index contributed by atoms with van der Waals surface area (Å²) in [5.41, 5.74) is 1.66. The van der Waals surface area contributed by atoms with E-state index in [1.54, 1.807) is 31.2 Å². The summed E-state index contributed by atoms with van der Waals surface area (Å²) in [6.07, 6.45) is -1.17. The van der Waals surface area contributed by atoms with E-state index in [-0.39, 0.29) is 24.2 Å². The van der Waals surface area contributed by atoms with E-state index >= 15 is 0 Å². The number of nitrogens with zero attached hydrogens (tertiary/aromatic N) is 1. The van der Waals surface area contributed by atoms with Crippen LogP contribution in [0, 0.1) is 12.7 Å². The Balaban J connectivity index is 1.62. The summed E-state index contributed by atoms with van der Waals surface area (Å²) in [6.45, 7) is -1.99. The highest BCUT2D eigenvalue weighted by molar-refractivity contribution is 5.97. The molecule has 2 amide bonds. The molecule has 34 heavy (non-hydrogen) atoms. The number of carbonyl (C=O) groups excluding carboxylic acids is 3. The number of halogens is 3. The van der Waals surface area contributed by atoms with Crippen molar-refractivity contribution in [1.82, 2.24) is 10.2 Å². The minimum Gasteiger partial charge on any atom is -0.467 e. The van der Waals surface area contributed by atoms with Gasteiger partial charge in [-0.1, -0.05) is 12.1 Å². The Bertz CT molecular complexity index is 1070. The van der Waals surface area contributed by atoms with E-state index in [1.807, 2.05) is 0 Å². The lowest BCUT2D eigenvalue weighted by Crippen LogP contribution is -2.46. The Hall–Kier alpha value is -3.60. The van der Waals surface area contributed by atoms with Gasteiger partial charge in [0.05, 0.1) is 25.4 Å². The van der Waals surface area contributed by atoms with Gasteiger partial charge in [-0.2, -0.15) is 8.78 Å². The van der Waals surface area contributed by atoms with Crippen molar-refractivity contribution in [3.05, 3.63) is 59.4 Å². The van der Waals surface area contributed by atoms with Crippen LogP contribution in [-0.4, -0.2) is 61.6 Å². The van der Waals surface area contributed by atoms with Crippen molar-refractivity contribution in [3.8, 4) is 0 Å². The van der Waals surface area contributed by atoms with Crippen LogP contribution in [0.5, 0.6) is 0 Å². The van der Waals surface area contributed by atoms with Gasteiger partial charge >= 0.3 is 12.6 Å². The number of hydrogen-bond donors (Lipinski definition) is 2. The lowest BCUT2D eigenvalue weighted by molar-refractivity contribution is -0.160. The number of hydrogen-bond acceptors (Lipinski definition) is 6. The minimum atomic E-state index is -3.05. The van der Waals surface area contributed by atoms with E-state index in [4.69, 9.17) is 0 Å². The van der Waals surface area contributed by atoms with Gasteiger partial charge in [0.1, 0.15) is 11.9 Å².